The fourth-order valence-corrected chi connectivity index (χ4v) is 2.69. The number of pyridine rings is 1. The van der Waals surface area contributed by atoms with E-state index < -0.39 is 0 Å². The van der Waals surface area contributed by atoms with E-state index in [2.05, 4.69) is 21.0 Å². The van der Waals surface area contributed by atoms with Crippen LogP contribution in [-0.2, 0) is 0 Å². The van der Waals surface area contributed by atoms with Crippen LogP contribution in [-0.4, -0.2) is 21.7 Å². The molecule has 1 aromatic carbocycles. The Balaban J connectivity index is 1.90. The minimum Gasteiger partial charge on any atom is -0.454 e. The zero-order valence-electron chi connectivity index (χ0n) is 11.2. The fraction of sp³-hybridized carbons (Fsp3) is 0.125. The highest BCUT2D eigenvalue weighted by molar-refractivity contribution is 5.54. The summed E-state index contributed by atoms with van der Waals surface area (Å²) in [7, 11) is 0. The van der Waals surface area contributed by atoms with E-state index in [0.717, 1.165) is 28.3 Å². The van der Waals surface area contributed by atoms with Gasteiger partial charge in [-0.25, -0.2) is 4.98 Å². The van der Waals surface area contributed by atoms with Gasteiger partial charge in [0, 0.05) is 29.8 Å². The lowest BCUT2D eigenvalue weighted by molar-refractivity contribution is 0.173. The van der Waals surface area contributed by atoms with Crippen LogP contribution in [0.4, 0.5) is 0 Å². The first-order valence-electron chi connectivity index (χ1n) is 6.70. The highest BCUT2D eigenvalue weighted by Gasteiger charge is 2.26. The summed E-state index contributed by atoms with van der Waals surface area (Å²) in [6.07, 6.45) is 7.10. The number of para-hydroxylation sites is 1. The van der Waals surface area contributed by atoms with Crippen LogP contribution in [0.2, 0.25) is 0 Å². The van der Waals surface area contributed by atoms with Crippen LogP contribution in [0.15, 0.2) is 55.2 Å². The molecule has 1 aliphatic heterocycles. The third kappa shape index (κ3) is 2.03. The smallest absolute Gasteiger partial charge is 0.231 e. The van der Waals surface area contributed by atoms with Crippen LogP contribution >= 0.6 is 0 Å². The average molecular weight is 279 g/mol. The second kappa shape index (κ2) is 4.94. The molecule has 3 heterocycles. The Hall–Kier alpha value is -2.82. The number of rotatable bonds is 3. The van der Waals surface area contributed by atoms with E-state index in [1.807, 2.05) is 30.5 Å². The number of ether oxygens (including phenoxy) is 2. The van der Waals surface area contributed by atoms with E-state index in [9.17, 15) is 0 Å². The Morgan fingerprint density at radius 2 is 1.95 bits per heavy atom. The van der Waals surface area contributed by atoms with Gasteiger partial charge in [-0.2, -0.15) is 0 Å². The Morgan fingerprint density at radius 3 is 2.76 bits per heavy atom. The molecular weight excluding hydrogens is 266 g/mol. The van der Waals surface area contributed by atoms with Crippen LogP contribution in [0.1, 0.15) is 22.7 Å². The van der Waals surface area contributed by atoms with E-state index in [4.69, 9.17) is 9.47 Å². The van der Waals surface area contributed by atoms with E-state index in [1.54, 1.807) is 18.7 Å². The van der Waals surface area contributed by atoms with Crippen LogP contribution < -0.4 is 9.47 Å². The topological polar surface area (TPSA) is 60.0 Å². The van der Waals surface area contributed by atoms with Crippen molar-refractivity contribution in [3.63, 3.8) is 0 Å². The summed E-state index contributed by atoms with van der Waals surface area (Å²) in [6, 6.07) is 9.96. The van der Waals surface area contributed by atoms with Gasteiger partial charge in [-0.3, -0.25) is 4.98 Å². The minimum atomic E-state index is 0.00662. The first-order chi connectivity index (χ1) is 10.4. The molecule has 0 saturated carbocycles. The van der Waals surface area contributed by atoms with Crippen molar-refractivity contribution in [1.82, 2.24) is 15.0 Å². The normalized spacial score (nSPS) is 14.1. The number of aromatic nitrogens is 3. The summed E-state index contributed by atoms with van der Waals surface area (Å²) in [5.74, 6) is 1.59. The third-order valence-corrected chi connectivity index (χ3v) is 3.61. The highest BCUT2D eigenvalue weighted by Crippen LogP contribution is 2.43. The molecule has 104 valence electrons. The van der Waals surface area contributed by atoms with Gasteiger partial charge in [-0.1, -0.05) is 12.1 Å². The van der Waals surface area contributed by atoms with Crippen molar-refractivity contribution < 1.29 is 9.47 Å². The van der Waals surface area contributed by atoms with Gasteiger partial charge in [0.2, 0.25) is 6.79 Å². The van der Waals surface area contributed by atoms with Gasteiger partial charge in [0.05, 0.1) is 12.2 Å². The number of fused-ring (bicyclic) bond motifs is 1. The van der Waals surface area contributed by atoms with Crippen molar-refractivity contribution in [2.45, 2.75) is 5.92 Å². The molecule has 0 saturated heterocycles. The minimum absolute atomic E-state index is 0.00662. The molecule has 4 rings (SSSR count). The summed E-state index contributed by atoms with van der Waals surface area (Å²) in [5, 5.41) is 0. The van der Waals surface area contributed by atoms with Gasteiger partial charge in [0.25, 0.3) is 0 Å². The van der Waals surface area contributed by atoms with E-state index in [-0.39, 0.29) is 12.7 Å². The van der Waals surface area contributed by atoms with Gasteiger partial charge >= 0.3 is 0 Å². The fourth-order valence-electron chi connectivity index (χ4n) is 2.69. The first kappa shape index (κ1) is 12.0. The molecule has 21 heavy (non-hydrogen) atoms. The van der Waals surface area contributed by atoms with Gasteiger partial charge < -0.3 is 14.5 Å². The van der Waals surface area contributed by atoms with Crippen LogP contribution in [0, 0.1) is 0 Å². The molecule has 1 atom stereocenters. The molecule has 0 amide bonds. The van der Waals surface area contributed by atoms with Crippen molar-refractivity contribution in [1.29, 1.82) is 0 Å². The molecule has 0 aliphatic carbocycles. The number of H-pyrrole nitrogens is 1. The van der Waals surface area contributed by atoms with E-state index >= 15 is 0 Å². The van der Waals surface area contributed by atoms with Crippen molar-refractivity contribution >= 4 is 0 Å². The Bertz CT molecular complexity index is 741. The van der Waals surface area contributed by atoms with Crippen molar-refractivity contribution in [2.75, 3.05) is 6.79 Å². The number of imidazole rings is 1. The number of nitrogens with one attached hydrogen (secondary N) is 1. The number of aromatic amines is 1. The summed E-state index contributed by atoms with van der Waals surface area (Å²) in [6.45, 7) is 0.262. The second-order valence-corrected chi connectivity index (χ2v) is 4.80. The molecule has 5 heteroatoms. The molecule has 0 radical (unpaired) electrons. The van der Waals surface area contributed by atoms with Crippen molar-refractivity contribution in [2.24, 2.45) is 0 Å². The van der Waals surface area contributed by atoms with Gasteiger partial charge in [-0.15, -0.1) is 0 Å². The van der Waals surface area contributed by atoms with Crippen molar-refractivity contribution in [3.05, 3.63) is 72.1 Å². The lowest BCUT2D eigenvalue weighted by atomic mass is 9.88. The lowest BCUT2D eigenvalue weighted by Gasteiger charge is -2.18. The molecule has 1 unspecified atom stereocenters. The third-order valence-electron chi connectivity index (χ3n) is 3.61. The molecule has 0 fully saturated rings. The Kier molecular flexibility index (Phi) is 2.81. The molecule has 2 aromatic heterocycles. The van der Waals surface area contributed by atoms with E-state index in [1.165, 1.54) is 0 Å². The number of hydrogen-bond donors (Lipinski definition) is 1. The first-order valence-corrected chi connectivity index (χ1v) is 6.70. The SMILES string of the molecule is c1cc2c(c(C(c3ccncc3)c3cnc[nH]3)c1)OCO2. The summed E-state index contributed by atoms with van der Waals surface area (Å²) < 4.78 is 11.1. The zero-order valence-corrected chi connectivity index (χ0v) is 11.2. The molecular formula is C16H13N3O2. The molecule has 5 nitrogen and oxygen atoms in total. The molecule has 0 bridgehead atoms. The lowest BCUT2D eigenvalue weighted by Crippen LogP contribution is -2.05. The summed E-state index contributed by atoms with van der Waals surface area (Å²) in [4.78, 5) is 11.4. The summed E-state index contributed by atoms with van der Waals surface area (Å²) >= 11 is 0. The van der Waals surface area contributed by atoms with Gasteiger partial charge in [0.15, 0.2) is 11.5 Å². The maximum Gasteiger partial charge on any atom is 0.231 e. The molecule has 1 N–H and O–H groups in total. The quantitative estimate of drug-likeness (QED) is 0.800. The summed E-state index contributed by atoms with van der Waals surface area (Å²) in [5.41, 5.74) is 3.18. The van der Waals surface area contributed by atoms with Gasteiger partial charge in [0.1, 0.15) is 0 Å². The van der Waals surface area contributed by atoms with E-state index in [0.29, 0.717) is 0 Å². The Morgan fingerprint density at radius 1 is 1.05 bits per heavy atom. The Labute approximate surface area is 121 Å². The molecule has 1 aliphatic rings. The number of nitrogens with zero attached hydrogens (tertiary/aromatic N) is 2. The maximum atomic E-state index is 5.66. The zero-order chi connectivity index (χ0) is 14.1. The van der Waals surface area contributed by atoms with Crippen LogP contribution in [0.5, 0.6) is 11.5 Å². The standard InChI is InChI=1S/C16H13N3O2/c1-2-12(16-14(3-1)20-10-21-16)15(13-8-18-9-19-13)11-4-6-17-7-5-11/h1-9,15H,10H2,(H,18,19). The predicted molar refractivity (Wildman–Crippen MR) is 76.3 cm³/mol. The second-order valence-electron chi connectivity index (χ2n) is 4.80. The van der Waals surface area contributed by atoms with Crippen molar-refractivity contribution in [3.8, 4) is 11.5 Å². The predicted octanol–water partition coefficient (Wildman–Crippen LogP) is 2.71. The largest absolute Gasteiger partial charge is 0.454 e. The highest BCUT2D eigenvalue weighted by atomic mass is 16.7. The average Bonchev–Trinajstić information content (AvgIpc) is 3.20. The molecule has 3 aromatic rings. The molecule has 0 spiro atoms. The van der Waals surface area contributed by atoms with Gasteiger partial charge in [-0.05, 0) is 23.8 Å². The monoisotopic (exact) mass is 279 g/mol. The number of benzene rings is 1. The van der Waals surface area contributed by atoms with Crippen LogP contribution in [0.3, 0.4) is 0 Å². The van der Waals surface area contributed by atoms with Crippen LogP contribution in [0.25, 0.3) is 0 Å². The maximum absolute atomic E-state index is 5.66. The number of hydrogen-bond acceptors (Lipinski definition) is 4.